The molecule has 0 aliphatic heterocycles. The zero-order chi connectivity index (χ0) is 57.0. The van der Waals surface area contributed by atoms with E-state index in [2.05, 4.69) is 13.8 Å². The number of unbranched alkanes of at least 4 members (excludes halogenated alkanes) is 52. The number of ether oxygens (including phenoxy) is 2. The smallest absolute Gasteiger partial charge is 0.462 e. The molecule has 0 amide bonds. The van der Waals surface area contributed by atoms with Gasteiger partial charge in [0.1, 0.15) is 19.8 Å². The van der Waals surface area contributed by atoms with Gasteiger partial charge in [0.25, 0.3) is 0 Å². The molecule has 10 heteroatoms. The first kappa shape index (κ1) is 77.0. The van der Waals surface area contributed by atoms with Crippen molar-refractivity contribution in [3.63, 3.8) is 0 Å². The quantitative estimate of drug-likeness (QED) is 0.0278. The van der Waals surface area contributed by atoms with Gasteiger partial charge in [0.2, 0.25) is 0 Å². The highest BCUT2D eigenvalue weighted by molar-refractivity contribution is 7.47. The highest BCUT2D eigenvalue weighted by Crippen LogP contribution is 2.43. The summed E-state index contributed by atoms with van der Waals surface area (Å²) >= 11 is 0. The number of carbonyl (C=O) groups is 2. The lowest BCUT2D eigenvalue weighted by Crippen LogP contribution is -2.37. The Hall–Kier alpha value is -0.990. The van der Waals surface area contributed by atoms with Crippen LogP contribution in [-0.4, -0.2) is 74.9 Å². The molecule has 0 saturated heterocycles. The number of hydrogen-bond acceptors (Lipinski definition) is 7. The maximum Gasteiger partial charge on any atom is 0.472 e. The molecule has 0 aromatic heterocycles. The average molecular weight is 1130 g/mol. The molecule has 466 valence electrons. The molecule has 1 N–H and O–H groups in total. The molecule has 0 aromatic rings. The van der Waals surface area contributed by atoms with E-state index >= 15 is 0 Å². The van der Waals surface area contributed by atoms with Crippen LogP contribution in [0, 0.1) is 0 Å². The highest BCUT2D eigenvalue weighted by Gasteiger charge is 2.27. The first-order valence-electron chi connectivity index (χ1n) is 34.8. The number of quaternary nitrogens is 1. The summed E-state index contributed by atoms with van der Waals surface area (Å²) in [5, 5.41) is 0. The highest BCUT2D eigenvalue weighted by atomic mass is 31.2. The lowest BCUT2D eigenvalue weighted by atomic mass is 10.0. The lowest BCUT2D eigenvalue weighted by molar-refractivity contribution is -0.870. The predicted molar refractivity (Wildman–Crippen MR) is 335 cm³/mol. The zero-order valence-corrected chi connectivity index (χ0v) is 54.1. The maximum atomic E-state index is 12.9. The van der Waals surface area contributed by atoms with Crippen LogP contribution in [0.2, 0.25) is 0 Å². The van der Waals surface area contributed by atoms with Gasteiger partial charge in [-0.15, -0.1) is 0 Å². The van der Waals surface area contributed by atoms with Crippen molar-refractivity contribution in [1.29, 1.82) is 0 Å². The molecule has 0 aliphatic carbocycles. The molecule has 2 unspecified atom stereocenters. The lowest BCUT2D eigenvalue weighted by Gasteiger charge is -2.24. The summed E-state index contributed by atoms with van der Waals surface area (Å²) in [7, 11) is 1.51. The van der Waals surface area contributed by atoms with Crippen LogP contribution in [0.3, 0.4) is 0 Å². The second-order valence-electron chi connectivity index (χ2n) is 25.3. The number of likely N-dealkylation sites (N-methyl/N-ethyl adjacent to an activating group) is 1. The first-order chi connectivity index (χ1) is 38.0. The summed E-state index contributed by atoms with van der Waals surface area (Å²) < 4.78 is 34.7. The third-order valence-electron chi connectivity index (χ3n) is 16.1. The van der Waals surface area contributed by atoms with Gasteiger partial charge >= 0.3 is 19.8 Å². The molecular weight excluding hydrogens is 990 g/mol. The van der Waals surface area contributed by atoms with Gasteiger partial charge in [-0.3, -0.25) is 18.6 Å². The fourth-order valence-electron chi connectivity index (χ4n) is 10.8. The van der Waals surface area contributed by atoms with Gasteiger partial charge in [0.15, 0.2) is 6.10 Å². The number of rotatable bonds is 66. The van der Waals surface area contributed by atoms with Crippen LogP contribution in [0.5, 0.6) is 0 Å². The minimum absolute atomic E-state index is 0.0377. The SMILES string of the molecule is CCCCCCCCCCCCCCCCCCCCCCCCCCCCCCCC(=O)OC(COC(=O)CCCCCCCCCCCCCCCCCCCCCCCCCCC)COP(=O)(O)OCC[N+](C)(C)C. The molecule has 9 nitrogen and oxygen atoms in total. The van der Waals surface area contributed by atoms with Crippen molar-refractivity contribution < 1.29 is 42.1 Å². The largest absolute Gasteiger partial charge is 0.472 e. The van der Waals surface area contributed by atoms with E-state index in [1.54, 1.807) is 0 Å². The summed E-state index contributed by atoms with van der Waals surface area (Å²) in [5.41, 5.74) is 0. The van der Waals surface area contributed by atoms with Crippen molar-refractivity contribution in [2.24, 2.45) is 0 Å². The van der Waals surface area contributed by atoms with Crippen molar-refractivity contribution in [3.05, 3.63) is 0 Å². The number of carbonyl (C=O) groups excluding carboxylic acids is 2. The maximum absolute atomic E-state index is 12.9. The fraction of sp³-hybridized carbons (Fsp3) is 0.971. The van der Waals surface area contributed by atoms with Crippen molar-refractivity contribution >= 4 is 19.8 Å². The molecule has 0 heterocycles. The van der Waals surface area contributed by atoms with Gasteiger partial charge < -0.3 is 18.9 Å². The van der Waals surface area contributed by atoms with E-state index < -0.39 is 26.5 Å². The summed E-state index contributed by atoms with van der Waals surface area (Å²) in [6, 6.07) is 0. The zero-order valence-electron chi connectivity index (χ0n) is 53.2. The Bertz CT molecular complexity index is 1280. The van der Waals surface area contributed by atoms with E-state index in [4.69, 9.17) is 18.5 Å². The van der Waals surface area contributed by atoms with Crippen molar-refractivity contribution in [1.82, 2.24) is 0 Å². The Morgan fingerprint density at radius 2 is 0.577 bits per heavy atom. The van der Waals surface area contributed by atoms with Crippen molar-refractivity contribution in [3.8, 4) is 0 Å². The molecule has 0 rings (SSSR count). The molecule has 0 fully saturated rings. The molecule has 0 radical (unpaired) electrons. The van der Waals surface area contributed by atoms with Gasteiger partial charge in [-0.05, 0) is 12.8 Å². The summed E-state index contributed by atoms with van der Waals surface area (Å²) in [6.07, 6.45) is 72.1. The van der Waals surface area contributed by atoms with E-state index in [0.717, 1.165) is 38.5 Å². The Kier molecular flexibility index (Phi) is 59.8. The summed E-state index contributed by atoms with van der Waals surface area (Å²) in [5.74, 6) is -0.768. The van der Waals surface area contributed by atoms with E-state index in [9.17, 15) is 19.0 Å². The number of phosphoric ester groups is 1. The minimum Gasteiger partial charge on any atom is -0.462 e. The molecule has 0 aliphatic rings. The summed E-state index contributed by atoms with van der Waals surface area (Å²) in [4.78, 5) is 35.8. The van der Waals surface area contributed by atoms with Crippen LogP contribution in [-0.2, 0) is 32.7 Å². The van der Waals surface area contributed by atoms with Crippen LogP contribution >= 0.6 is 7.82 Å². The van der Waals surface area contributed by atoms with E-state index in [0.29, 0.717) is 17.4 Å². The van der Waals surface area contributed by atoms with Crippen molar-refractivity contribution in [2.75, 3.05) is 47.5 Å². The first-order valence-corrected chi connectivity index (χ1v) is 36.3. The summed E-state index contributed by atoms with van der Waals surface area (Å²) in [6.45, 7) is 4.53. The normalized spacial score (nSPS) is 13.1. The van der Waals surface area contributed by atoms with Crippen LogP contribution in [0.15, 0.2) is 0 Å². The van der Waals surface area contributed by atoms with Crippen LogP contribution in [0.25, 0.3) is 0 Å². The predicted octanol–water partition coefficient (Wildman–Crippen LogP) is 22.2. The number of phosphoric acid groups is 1. The van der Waals surface area contributed by atoms with Crippen LogP contribution in [0.1, 0.15) is 373 Å². The third-order valence-corrected chi connectivity index (χ3v) is 17.1. The second-order valence-corrected chi connectivity index (χ2v) is 26.7. The molecule has 2 atom stereocenters. The second kappa shape index (κ2) is 60.6. The number of hydrogen-bond donors (Lipinski definition) is 1. The van der Waals surface area contributed by atoms with Gasteiger partial charge in [0.05, 0.1) is 27.7 Å². The minimum atomic E-state index is -4.38. The number of nitrogens with zero attached hydrogens (tertiary/aromatic N) is 1. The Morgan fingerprint density at radius 3 is 0.821 bits per heavy atom. The van der Waals surface area contributed by atoms with Gasteiger partial charge in [-0.1, -0.05) is 348 Å². The monoisotopic (exact) mass is 1130 g/mol. The molecule has 0 saturated carbocycles. The van der Waals surface area contributed by atoms with Gasteiger partial charge in [0, 0.05) is 12.8 Å². The fourth-order valence-corrected chi connectivity index (χ4v) is 11.5. The molecule has 0 bridgehead atoms. The molecule has 78 heavy (non-hydrogen) atoms. The van der Waals surface area contributed by atoms with Crippen LogP contribution in [0.4, 0.5) is 0 Å². The Labute approximate surface area is 486 Å². The average Bonchev–Trinajstić information content (AvgIpc) is 3.41. The molecule has 0 spiro atoms. The standard InChI is InChI=1S/C68H136NO8P/c1-6-8-10-12-14-16-18-20-22-24-26-28-30-32-33-34-35-37-39-41-43-45-47-49-51-53-55-57-59-61-68(71)77-66(65-76-78(72,73)75-63-62-69(3,4)5)64-74-67(70)60-58-56-54-52-50-48-46-44-42-40-38-36-31-29-27-25-23-21-19-17-15-13-11-9-7-2/h66H,6-65H2,1-5H3/p+1. The van der Waals surface area contributed by atoms with Crippen molar-refractivity contribution in [2.45, 2.75) is 380 Å². The third kappa shape index (κ3) is 64.2. The van der Waals surface area contributed by atoms with E-state index in [1.807, 2.05) is 21.1 Å². The Morgan fingerprint density at radius 1 is 0.346 bits per heavy atom. The van der Waals surface area contributed by atoms with E-state index in [1.165, 1.54) is 308 Å². The van der Waals surface area contributed by atoms with Gasteiger partial charge in [-0.25, -0.2) is 4.57 Å². The molecular formula is C68H137NO8P+. The van der Waals surface area contributed by atoms with Gasteiger partial charge in [-0.2, -0.15) is 0 Å². The molecule has 0 aromatic carbocycles. The van der Waals surface area contributed by atoms with E-state index in [-0.39, 0.29) is 25.6 Å². The topological polar surface area (TPSA) is 108 Å². The number of esters is 2. The Balaban J connectivity index is 3.98. The van der Waals surface area contributed by atoms with Crippen LogP contribution < -0.4 is 0 Å².